The second-order valence-electron chi connectivity index (χ2n) is 7.79. The zero-order valence-corrected chi connectivity index (χ0v) is 19.1. The highest BCUT2D eigenvalue weighted by molar-refractivity contribution is 7.19. The zero-order chi connectivity index (χ0) is 21.8. The normalized spacial score (nSPS) is 11.1. The van der Waals surface area contributed by atoms with E-state index < -0.39 is 0 Å². The molecule has 0 saturated heterocycles. The molecule has 2 aromatic heterocycles. The second kappa shape index (κ2) is 9.50. The van der Waals surface area contributed by atoms with E-state index in [2.05, 4.69) is 13.8 Å². The van der Waals surface area contributed by atoms with Crippen LogP contribution >= 0.6 is 22.9 Å². The van der Waals surface area contributed by atoms with Crippen LogP contribution in [0.3, 0.4) is 0 Å². The van der Waals surface area contributed by atoms with E-state index in [1.165, 1.54) is 11.3 Å². The lowest BCUT2D eigenvalue weighted by molar-refractivity contribution is 0.0721. The average Bonchev–Trinajstić information content (AvgIpc) is 3.43. The summed E-state index contributed by atoms with van der Waals surface area (Å²) in [5.41, 5.74) is 3.29. The van der Waals surface area contributed by atoms with Crippen molar-refractivity contribution in [2.45, 2.75) is 20.4 Å². The van der Waals surface area contributed by atoms with Gasteiger partial charge in [-0.2, -0.15) is 0 Å². The number of carbonyl (C=O) groups excluding carboxylic acids is 1. The van der Waals surface area contributed by atoms with E-state index in [0.717, 1.165) is 22.0 Å². The van der Waals surface area contributed by atoms with E-state index >= 15 is 0 Å². The topological polar surface area (TPSA) is 38.1 Å². The number of nitrogens with zero attached hydrogens (tertiary/aromatic N) is 3. The van der Waals surface area contributed by atoms with Gasteiger partial charge < -0.3 is 9.47 Å². The summed E-state index contributed by atoms with van der Waals surface area (Å²) in [6, 6.07) is 21.6. The van der Waals surface area contributed by atoms with Crippen molar-refractivity contribution in [3.05, 3.63) is 94.7 Å². The summed E-state index contributed by atoms with van der Waals surface area (Å²) in [6.07, 6.45) is 3.89. The molecule has 2 heterocycles. The number of aromatic nitrogens is 2. The lowest BCUT2D eigenvalue weighted by Gasteiger charge is -2.25. The minimum atomic E-state index is -0.0247. The lowest BCUT2D eigenvalue weighted by Crippen LogP contribution is -2.34. The van der Waals surface area contributed by atoms with E-state index in [1.54, 1.807) is 0 Å². The first kappa shape index (κ1) is 21.3. The van der Waals surface area contributed by atoms with Crippen molar-refractivity contribution < 1.29 is 4.79 Å². The Morgan fingerprint density at radius 3 is 2.42 bits per heavy atom. The molecule has 0 N–H and O–H groups in total. The lowest BCUT2D eigenvalue weighted by atomic mass is 10.1. The largest absolute Gasteiger partial charge is 0.332 e. The highest BCUT2D eigenvalue weighted by Crippen LogP contribution is 2.32. The van der Waals surface area contributed by atoms with Gasteiger partial charge in [-0.15, -0.1) is 11.3 Å². The van der Waals surface area contributed by atoms with Crippen molar-refractivity contribution in [1.82, 2.24) is 14.5 Å². The Morgan fingerprint density at radius 2 is 1.71 bits per heavy atom. The molecule has 0 spiro atoms. The number of rotatable bonds is 7. The third-order valence-corrected chi connectivity index (χ3v) is 6.29. The Hall–Kier alpha value is -2.89. The van der Waals surface area contributed by atoms with Crippen LogP contribution in [-0.2, 0) is 6.54 Å². The molecule has 4 nitrogen and oxygen atoms in total. The first-order chi connectivity index (χ1) is 15.0. The van der Waals surface area contributed by atoms with E-state index in [0.29, 0.717) is 28.9 Å². The minimum Gasteiger partial charge on any atom is -0.332 e. The van der Waals surface area contributed by atoms with Crippen molar-refractivity contribution in [2.24, 2.45) is 5.92 Å². The number of amides is 1. The molecule has 0 radical (unpaired) electrons. The minimum absolute atomic E-state index is 0.0247. The van der Waals surface area contributed by atoms with Gasteiger partial charge in [0, 0.05) is 24.5 Å². The predicted octanol–water partition coefficient (Wildman–Crippen LogP) is 6.55. The van der Waals surface area contributed by atoms with Crippen molar-refractivity contribution >= 4 is 28.8 Å². The molecule has 0 aliphatic heterocycles. The van der Waals surface area contributed by atoms with Crippen LogP contribution in [0.15, 0.2) is 79.1 Å². The van der Waals surface area contributed by atoms with Crippen LogP contribution in [0.1, 0.15) is 29.9 Å². The van der Waals surface area contributed by atoms with Gasteiger partial charge in [0.25, 0.3) is 5.91 Å². The number of para-hydroxylation sites is 1. The number of hydrogen-bond donors (Lipinski definition) is 0. The highest BCUT2D eigenvalue weighted by atomic mass is 35.5. The fraction of sp³-hybridized carbons (Fsp3) is 0.200. The van der Waals surface area contributed by atoms with Crippen LogP contribution in [0.4, 0.5) is 0 Å². The Balaban J connectivity index is 1.65. The highest BCUT2D eigenvalue weighted by Gasteiger charge is 2.23. The van der Waals surface area contributed by atoms with E-state index in [4.69, 9.17) is 16.6 Å². The Kier molecular flexibility index (Phi) is 6.54. The summed E-state index contributed by atoms with van der Waals surface area (Å²) in [6.45, 7) is 5.21. The number of carbonyl (C=O) groups is 1. The third-order valence-electron chi connectivity index (χ3n) is 4.90. The van der Waals surface area contributed by atoms with Gasteiger partial charge in [0.05, 0.1) is 23.5 Å². The monoisotopic (exact) mass is 449 g/mol. The molecular formula is C25H24ClN3OS. The van der Waals surface area contributed by atoms with Crippen molar-refractivity contribution in [3.63, 3.8) is 0 Å². The van der Waals surface area contributed by atoms with Crippen molar-refractivity contribution in [2.75, 3.05) is 6.54 Å². The number of halogens is 1. The molecule has 0 atom stereocenters. The van der Waals surface area contributed by atoms with Crippen LogP contribution in [0.2, 0.25) is 4.34 Å². The molecular weight excluding hydrogens is 426 g/mol. The van der Waals surface area contributed by atoms with Crippen LogP contribution in [0.5, 0.6) is 0 Å². The molecule has 31 heavy (non-hydrogen) atoms. The van der Waals surface area contributed by atoms with Gasteiger partial charge in [0.1, 0.15) is 9.34 Å². The molecule has 0 saturated carbocycles. The molecule has 4 aromatic rings. The quantitative estimate of drug-likeness (QED) is 0.320. The van der Waals surface area contributed by atoms with Crippen molar-refractivity contribution in [3.8, 4) is 16.3 Å². The Morgan fingerprint density at radius 1 is 1.03 bits per heavy atom. The maximum absolute atomic E-state index is 13.6. The second-order valence-corrected chi connectivity index (χ2v) is 9.39. The molecule has 0 unspecified atom stereocenters. The standard InChI is InChI=1S/C25H24ClN3OS/c1-18(2)16-29(17-21-23(26)31-24(27-21)19-10-4-3-5-11-19)25(30)20-12-6-7-13-22(20)28-14-8-9-15-28/h3-15,18H,16-17H2,1-2H3. The van der Waals surface area contributed by atoms with Crippen LogP contribution in [-0.4, -0.2) is 26.9 Å². The molecule has 2 aromatic carbocycles. The summed E-state index contributed by atoms with van der Waals surface area (Å²) in [5.74, 6) is 0.289. The average molecular weight is 450 g/mol. The number of thiazole rings is 1. The molecule has 0 bridgehead atoms. The molecule has 158 valence electrons. The molecule has 4 rings (SSSR count). The Bertz CT molecular complexity index is 1150. The fourth-order valence-corrected chi connectivity index (χ4v) is 4.65. The number of benzene rings is 2. The van der Waals surface area contributed by atoms with Gasteiger partial charge in [-0.25, -0.2) is 4.98 Å². The van der Waals surface area contributed by atoms with Gasteiger partial charge in [0.2, 0.25) is 0 Å². The van der Waals surface area contributed by atoms with Crippen LogP contribution in [0.25, 0.3) is 16.3 Å². The van der Waals surface area contributed by atoms with Gasteiger partial charge in [0.15, 0.2) is 0 Å². The third kappa shape index (κ3) is 4.89. The summed E-state index contributed by atoms with van der Waals surface area (Å²) in [4.78, 5) is 20.2. The van der Waals surface area contributed by atoms with Gasteiger partial charge in [-0.1, -0.05) is 67.9 Å². The molecule has 1 amide bonds. The zero-order valence-electron chi connectivity index (χ0n) is 17.5. The summed E-state index contributed by atoms with van der Waals surface area (Å²) in [7, 11) is 0. The molecule has 0 aliphatic rings. The van der Waals surface area contributed by atoms with Gasteiger partial charge >= 0.3 is 0 Å². The summed E-state index contributed by atoms with van der Waals surface area (Å²) in [5, 5.41) is 0.866. The number of hydrogen-bond acceptors (Lipinski definition) is 3. The van der Waals surface area contributed by atoms with E-state index in [1.807, 2.05) is 88.6 Å². The first-order valence-corrected chi connectivity index (χ1v) is 11.4. The van der Waals surface area contributed by atoms with Gasteiger partial charge in [-0.05, 0) is 30.2 Å². The Labute approximate surface area is 191 Å². The SMILES string of the molecule is CC(C)CN(Cc1nc(-c2ccccc2)sc1Cl)C(=O)c1ccccc1-n1cccc1. The van der Waals surface area contributed by atoms with Crippen molar-refractivity contribution in [1.29, 1.82) is 0 Å². The predicted molar refractivity (Wildman–Crippen MR) is 128 cm³/mol. The van der Waals surface area contributed by atoms with E-state index in [-0.39, 0.29) is 5.91 Å². The van der Waals surface area contributed by atoms with Gasteiger partial charge in [-0.3, -0.25) is 4.79 Å². The molecule has 0 aliphatic carbocycles. The molecule has 0 fully saturated rings. The first-order valence-electron chi connectivity index (χ1n) is 10.2. The van der Waals surface area contributed by atoms with Crippen LogP contribution < -0.4 is 0 Å². The summed E-state index contributed by atoms with van der Waals surface area (Å²) < 4.78 is 2.59. The smallest absolute Gasteiger partial charge is 0.256 e. The molecule has 6 heteroatoms. The maximum atomic E-state index is 13.6. The maximum Gasteiger partial charge on any atom is 0.256 e. The fourth-order valence-electron chi connectivity index (χ4n) is 3.52. The van der Waals surface area contributed by atoms with Crippen LogP contribution in [0, 0.1) is 5.92 Å². The van der Waals surface area contributed by atoms with E-state index in [9.17, 15) is 4.79 Å². The summed E-state index contributed by atoms with van der Waals surface area (Å²) >= 11 is 8.00.